The van der Waals surface area contributed by atoms with E-state index in [9.17, 15) is 0 Å². The van der Waals surface area contributed by atoms with Crippen molar-refractivity contribution in [3.8, 4) is 0 Å². The van der Waals surface area contributed by atoms with Gasteiger partial charge in [-0.2, -0.15) is 0 Å². The van der Waals surface area contributed by atoms with E-state index in [1.54, 1.807) is 0 Å². The quantitative estimate of drug-likeness (QED) is 0.588. The van der Waals surface area contributed by atoms with Gasteiger partial charge in [-0.25, -0.2) is 0 Å². The molecule has 92 valence electrons. The van der Waals surface area contributed by atoms with Gasteiger partial charge in [-0.1, -0.05) is 59.3 Å². The fraction of sp³-hybridized carbons (Fsp3) is 1.00. The zero-order chi connectivity index (χ0) is 11.7. The van der Waals surface area contributed by atoms with Gasteiger partial charge in [-0.05, 0) is 25.2 Å². The van der Waals surface area contributed by atoms with Crippen LogP contribution >= 0.6 is 0 Å². The Morgan fingerprint density at radius 1 is 0.867 bits per heavy atom. The highest BCUT2D eigenvalue weighted by atomic mass is 16.3. The van der Waals surface area contributed by atoms with E-state index in [-0.39, 0.29) is 6.10 Å². The van der Waals surface area contributed by atoms with Crippen LogP contribution in [0.2, 0.25) is 0 Å². The molecule has 0 aromatic carbocycles. The van der Waals surface area contributed by atoms with Gasteiger partial charge in [0, 0.05) is 0 Å². The molecule has 0 saturated carbocycles. The predicted molar refractivity (Wildman–Crippen MR) is 68.1 cm³/mol. The first-order valence-electron chi connectivity index (χ1n) is 6.60. The van der Waals surface area contributed by atoms with Gasteiger partial charge in [-0.15, -0.1) is 0 Å². The van der Waals surface area contributed by atoms with Gasteiger partial charge in [0.2, 0.25) is 0 Å². The lowest BCUT2D eigenvalue weighted by atomic mass is 9.89. The predicted octanol–water partition coefficient (Wildman–Crippen LogP) is 4.53. The third kappa shape index (κ3) is 14.0. The minimum Gasteiger partial charge on any atom is -0.393 e. The Bertz CT molecular complexity index is 133. The first-order valence-corrected chi connectivity index (χ1v) is 6.60. The molecule has 1 N–H and O–H groups in total. The van der Waals surface area contributed by atoms with Gasteiger partial charge in [0.15, 0.2) is 0 Å². The number of aliphatic hydroxyl groups is 1. The molecule has 0 radical (unpaired) electrons. The third-order valence-corrected chi connectivity index (χ3v) is 2.80. The van der Waals surface area contributed by atoms with Crippen LogP contribution in [0.1, 0.15) is 79.1 Å². The summed E-state index contributed by atoms with van der Waals surface area (Å²) in [5, 5.41) is 9.08. The molecule has 0 aliphatic carbocycles. The lowest BCUT2D eigenvalue weighted by Gasteiger charge is -2.17. The van der Waals surface area contributed by atoms with Crippen LogP contribution in [0.4, 0.5) is 0 Å². The molecule has 15 heavy (non-hydrogen) atoms. The average Bonchev–Trinajstić information content (AvgIpc) is 2.07. The summed E-state index contributed by atoms with van der Waals surface area (Å²) < 4.78 is 0. The summed E-state index contributed by atoms with van der Waals surface area (Å²) >= 11 is 0. The molecule has 0 aliphatic heterocycles. The van der Waals surface area contributed by atoms with E-state index in [4.69, 9.17) is 5.11 Å². The molecule has 1 unspecified atom stereocenters. The summed E-state index contributed by atoms with van der Waals surface area (Å²) in [4.78, 5) is 0. The van der Waals surface area contributed by atoms with E-state index < -0.39 is 0 Å². The number of unbranched alkanes of at least 4 members (excludes halogenated alkanes) is 5. The molecule has 0 saturated heterocycles. The molecule has 0 aromatic rings. The Kier molecular flexibility index (Phi) is 8.13. The zero-order valence-electron chi connectivity index (χ0n) is 11.2. The molecule has 0 heterocycles. The second kappa shape index (κ2) is 8.15. The topological polar surface area (TPSA) is 20.2 Å². The summed E-state index contributed by atoms with van der Waals surface area (Å²) in [6.45, 7) is 8.82. The highest BCUT2D eigenvalue weighted by Gasteiger charge is 2.08. The average molecular weight is 214 g/mol. The zero-order valence-corrected chi connectivity index (χ0v) is 11.2. The molecule has 0 aliphatic rings. The fourth-order valence-electron chi connectivity index (χ4n) is 1.80. The monoisotopic (exact) mass is 214 g/mol. The summed E-state index contributed by atoms with van der Waals surface area (Å²) in [6, 6.07) is 0. The van der Waals surface area contributed by atoms with Gasteiger partial charge in [-0.3, -0.25) is 0 Å². The van der Waals surface area contributed by atoms with Crippen molar-refractivity contribution in [2.45, 2.75) is 85.2 Å². The highest BCUT2D eigenvalue weighted by molar-refractivity contribution is 4.61. The van der Waals surface area contributed by atoms with Crippen LogP contribution in [-0.2, 0) is 0 Å². The third-order valence-electron chi connectivity index (χ3n) is 2.80. The van der Waals surface area contributed by atoms with Crippen LogP contribution in [0.5, 0.6) is 0 Å². The summed E-state index contributed by atoms with van der Waals surface area (Å²) in [5.74, 6) is 0. The lowest BCUT2D eigenvalue weighted by Crippen LogP contribution is -2.03. The molecule has 1 atom stereocenters. The van der Waals surface area contributed by atoms with Gasteiger partial charge in [0.1, 0.15) is 0 Å². The Morgan fingerprint density at radius 2 is 1.33 bits per heavy atom. The van der Waals surface area contributed by atoms with Crippen LogP contribution in [0.3, 0.4) is 0 Å². The van der Waals surface area contributed by atoms with Crippen molar-refractivity contribution in [2.24, 2.45) is 5.41 Å². The van der Waals surface area contributed by atoms with Gasteiger partial charge in [0.05, 0.1) is 6.10 Å². The van der Waals surface area contributed by atoms with Crippen LogP contribution in [-0.4, -0.2) is 11.2 Å². The van der Waals surface area contributed by atoms with E-state index >= 15 is 0 Å². The summed E-state index contributed by atoms with van der Waals surface area (Å²) in [6.07, 6.45) is 10.2. The van der Waals surface area contributed by atoms with Crippen molar-refractivity contribution in [2.75, 3.05) is 0 Å². The fourth-order valence-corrected chi connectivity index (χ4v) is 1.80. The maximum atomic E-state index is 9.08. The SMILES string of the molecule is CC(O)CCCCCCCCC(C)(C)C. The molecule has 0 aromatic heterocycles. The van der Waals surface area contributed by atoms with Crippen LogP contribution in [0.25, 0.3) is 0 Å². The Hall–Kier alpha value is -0.0400. The number of rotatable bonds is 8. The van der Waals surface area contributed by atoms with Crippen molar-refractivity contribution in [1.82, 2.24) is 0 Å². The van der Waals surface area contributed by atoms with E-state index in [1.165, 1.54) is 44.9 Å². The highest BCUT2D eigenvalue weighted by Crippen LogP contribution is 2.22. The van der Waals surface area contributed by atoms with E-state index in [0.29, 0.717) is 5.41 Å². The largest absolute Gasteiger partial charge is 0.393 e. The molecule has 0 fully saturated rings. The Labute approximate surface area is 96.3 Å². The Balaban J connectivity index is 3.06. The molecule has 0 spiro atoms. The van der Waals surface area contributed by atoms with Gasteiger partial charge >= 0.3 is 0 Å². The maximum Gasteiger partial charge on any atom is 0.0512 e. The van der Waals surface area contributed by atoms with E-state index in [2.05, 4.69) is 20.8 Å². The van der Waals surface area contributed by atoms with E-state index in [1.807, 2.05) is 6.92 Å². The van der Waals surface area contributed by atoms with Crippen molar-refractivity contribution in [3.05, 3.63) is 0 Å². The molecule has 0 amide bonds. The van der Waals surface area contributed by atoms with E-state index in [0.717, 1.165) is 6.42 Å². The minimum atomic E-state index is -0.106. The van der Waals surface area contributed by atoms with Crippen LogP contribution in [0, 0.1) is 5.41 Å². The normalized spacial score (nSPS) is 14.2. The van der Waals surface area contributed by atoms with Crippen LogP contribution in [0.15, 0.2) is 0 Å². The van der Waals surface area contributed by atoms with Crippen molar-refractivity contribution in [3.63, 3.8) is 0 Å². The lowest BCUT2D eigenvalue weighted by molar-refractivity contribution is 0.180. The Morgan fingerprint density at radius 3 is 1.80 bits per heavy atom. The first kappa shape index (κ1) is 15.0. The smallest absolute Gasteiger partial charge is 0.0512 e. The minimum absolute atomic E-state index is 0.106. The molecular weight excluding hydrogens is 184 g/mol. The van der Waals surface area contributed by atoms with Crippen LogP contribution < -0.4 is 0 Å². The summed E-state index contributed by atoms with van der Waals surface area (Å²) in [5.41, 5.74) is 0.506. The summed E-state index contributed by atoms with van der Waals surface area (Å²) in [7, 11) is 0. The molecule has 0 rings (SSSR count). The number of aliphatic hydroxyl groups excluding tert-OH is 1. The standard InChI is InChI=1S/C14H30O/c1-13(15)11-9-7-5-6-8-10-12-14(2,3)4/h13,15H,5-12H2,1-4H3. The van der Waals surface area contributed by atoms with Gasteiger partial charge in [0.25, 0.3) is 0 Å². The molecule has 0 bridgehead atoms. The first-order chi connectivity index (χ1) is 6.92. The van der Waals surface area contributed by atoms with Crippen molar-refractivity contribution >= 4 is 0 Å². The van der Waals surface area contributed by atoms with Crippen molar-refractivity contribution < 1.29 is 5.11 Å². The number of hydrogen-bond donors (Lipinski definition) is 1. The molecular formula is C14H30O. The molecule has 1 heteroatoms. The second-order valence-corrected chi connectivity index (χ2v) is 6.07. The maximum absolute atomic E-state index is 9.08. The molecule has 1 nitrogen and oxygen atoms in total. The van der Waals surface area contributed by atoms with Gasteiger partial charge < -0.3 is 5.11 Å². The number of hydrogen-bond acceptors (Lipinski definition) is 1. The van der Waals surface area contributed by atoms with Crippen molar-refractivity contribution in [1.29, 1.82) is 0 Å². The second-order valence-electron chi connectivity index (χ2n) is 6.07.